The molecule has 0 aromatic carbocycles. The van der Waals surface area contributed by atoms with Gasteiger partial charge in [0, 0.05) is 12.2 Å². The van der Waals surface area contributed by atoms with E-state index in [0.717, 1.165) is 11.6 Å². The number of hydrogen-bond donors (Lipinski definition) is 2. The predicted octanol–water partition coefficient (Wildman–Crippen LogP) is 2.26. The van der Waals surface area contributed by atoms with Gasteiger partial charge in [-0.25, -0.2) is 0 Å². The number of rotatable bonds is 5. The van der Waals surface area contributed by atoms with Crippen LogP contribution in [0.15, 0.2) is 12.4 Å². The first-order chi connectivity index (χ1) is 8.33. The molecular formula is C13H23N3O. The summed E-state index contributed by atoms with van der Waals surface area (Å²) in [5.74, 6) is 0.796. The van der Waals surface area contributed by atoms with Crippen LogP contribution in [0.1, 0.15) is 39.0 Å². The van der Waals surface area contributed by atoms with Crippen LogP contribution >= 0.6 is 0 Å². The number of nitrogens with one attached hydrogen (secondary N) is 1. The van der Waals surface area contributed by atoms with E-state index in [1.807, 2.05) is 12.4 Å². The highest BCUT2D eigenvalue weighted by atomic mass is 16.3. The molecule has 1 aromatic heterocycles. The summed E-state index contributed by atoms with van der Waals surface area (Å²) in [5.41, 5.74) is 1.09. The Hall–Kier alpha value is -1.03. The van der Waals surface area contributed by atoms with E-state index in [-0.39, 0.29) is 6.61 Å². The topological polar surface area (TPSA) is 50.1 Å². The molecule has 0 spiro atoms. The average Bonchev–Trinajstić information content (AvgIpc) is 2.78. The smallest absolute Gasteiger partial charge is 0.0728 e. The Morgan fingerprint density at radius 3 is 3.06 bits per heavy atom. The van der Waals surface area contributed by atoms with Crippen molar-refractivity contribution in [3.8, 4) is 0 Å². The summed E-state index contributed by atoms with van der Waals surface area (Å²) in [6, 6.07) is 0.598. The van der Waals surface area contributed by atoms with E-state index in [9.17, 15) is 0 Å². The van der Waals surface area contributed by atoms with Gasteiger partial charge in [0.1, 0.15) is 0 Å². The molecule has 1 heterocycles. The number of aliphatic hydroxyl groups excluding tert-OH is 1. The van der Waals surface area contributed by atoms with E-state index in [2.05, 4.69) is 17.3 Å². The third-order valence-corrected chi connectivity index (χ3v) is 3.75. The summed E-state index contributed by atoms with van der Waals surface area (Å²) in [7, 11) is 0. The first-order valence-corrected chi connectivity index (χ1v) is 6.73. The van der Waals surface area contributed by atoms with E-state index in [1.165, 1.54) is 32.1 Å². The van der Waals surface area contributed by atoms with Gasteiger partial charge in [0.15, 0.2) is 0 Å². The SMILES string of the molecule is CCC1CCCCC1Nc1cnn(CCO)c1. The minimum absolute atomic E-state index is 0.141. The van der Waals surface area contributed by atoms with Crippen molar-refractivity contribution in [3.63, 3.8) is 0 Å². The maximum Gasteiger partial charge on any atom is 0.0728 e. The van der Waals surface area contributed by atoms with Gasteiger partial charge in [-0.05, 0) is 18.8 Å². The maximum absolute atomic E-state index is 8.85. The quantitative estimate of drug-likeness (QED) is 0.826. The zero-order valence-electron chi connectivity index (χ0n) is 10.6. The molecule has 2 N–H and O–H groups in total. The third kappa shape index (κ3) is 3.22. The second-order valence-corrected chi connectivity index (χ2v) is 4.92. The Morgan fingerprint density at radius 2 is 2.29 bits per heavy atom. The third-order valence-electron chi connectivity index (χ3n) is 3.75. The van der Waals surface area contributed by atoms with Crippen LogP contribution in [0.5, 0.6) is 0 Å². The van der Waals surface area contributed by atoms with Crippen molar-refractivity contribution in [2.45, 2.75) is 51.6 Å². The first kappa shape index (κ1) is 12.4. The van der Waals surface area contributed by atoms with Crippen LogP contribution in [-0.4, -0.2) is 27.5 Å². The van der Waals surface area contributed by atoms with Crippen LogP contribution in [-0.2, 0) is 6.54 Å². The van der Waals surface area contributed by atoms with Gasteiger partial charge in [-0.2, -0.15) is 5.10 Å². The molecule has 4 heteroatoms. The second kappa shape index (κ2) is 6.05. The molecule has 1 aromatic rings. The Labute approximate surface area is 103 Å². The van der Waals surface area contributed by atoms with Gasteiger partial charge < -0.3 is 10.4 Å². The van der Waals surface area contributed by atoms with Gasteiger partial charge >= 0.3 is 0 Å². The van der Waals surface area contributed by atoms with Crippen LogP contribution in [0.4, 0.5) is 5.69 Å². The number of aliphatic hydroxyl groups is 1. The lowest BCUT2D eigenvalue weighted by Gasteiger charge is -2.31. The van der Waals surface area contributed by atoms with E-state index in [1.54, 1.807) is 4.68 Å². The molecule has 1 aliphatic rings. The van der Waals surface area contributed by atoms with Crippen molar-refractivity contribution in [1.82, 2.24) is 9.78 Å². The van der Waals surface area contributed by atoms with Crippen molar-refractivity contribution in [2.24, 2.45) is 5.92 Å². The molecular weight excluding hydrogens is 214 g/mol. The Bertz CT molecular complexity index is 337. The fourth-order valence-electron chi connectivity index (χ4n) is 2.76. The monoisotopic (exact) mass is 237 g/mol. The van der Waals surface area contributed by atoms with Crippen molar-refractivity contribution in [3.05, 3.63) is 12.4 Å². The van der Waals surface area contributed by atoms with Gasteiger partial charge in [-0.3, -0.25) is 4.68 Å². The Morgan fingerprint density at radius 1 is 1.47 bits per heavy atom. The molecule has 17 heavy (non-hydrogen) atoms. The van der Waals surface area contributed by atoms with Gasteiger partial charge in [0.25, 0.3) is 0 Å². The largest absolute Gasteiger partial charge is 0.394 e. The lowest BCUT2D eigenvalue weighted by atomic mass is 9.83. The van der Waals surface area contributed by atoms with E-state index in [0.29, 0.717) is 12.6 Å². The summed E-state index contributed by atoms with van der Waals surface area (Å²) in [6.07, 6.45) is 10.4. The highest BCUT2D eigenvalue weighted by Crippen LogP contribution is 2.29. The van der Waals surface area contributed by atoms with Gasteiger partial charge in [0.05, 0.1) is 25.0 Å². The van der Waals surface area contributed by atoms with Gasteiger partial charge in [-0.15, -0.1) is 0 Å². The lowest BCUT2D eigenvalue weighted by molar-refractivity contribution is 0.269. The van der Waals surface area contributed by atoms with Crippen molar-refractivity contribution in [2.75, 3.05) is 11.9 Å². The number of nitrogens with zero attached hydrogens (tertiary/aromatic N) is 2. The second-order valence-electron chi connectivity index (χ2n) is 4.92. The number of hydrogen-bond acceptors (Lipinski definition) is 3. The summed E-state index contributed by atoms with van der Waals surface area (Å²) in [4.78, 5) is 0. The van der Waals surface area contributed by atoms with E-state index >= 15 is 0 Å². The molecule has 0 aliphatic heterocycles. The van der Waals surface area contributed by atoms with Crippen LogP contribution in [0.2, 0.25) is 0 Å². The molecule has 1 aliphatic carbocycles. The van der Waals surface area contributed by atoms with Crippen LogP contribution in [0.25, 0.3) is 0 Å². The maximum atomic E-state index is 8.85. The normalized spacial score (nSPS) is 24.8. The molecule has 2 rings (SSSR count). The standard InChI is InChI=1S/C13H23N3O/c1-2-11-5-3-4-6-13(11)15-12-9-14-16(10-12)7-8-17/h9-11,13,15,17H,2-8H2,1H3. The van der Waals surface area contributed by atoms with Crippen molar-refractivity contribution >= 4 is 5.69 Å². The highest BCUT2D eigenvalue weighted by molar-refractivity contribution is 5.39. The first-order valence-electron chi connectivity index (χ1n) is 6.73. The van der Waals surface area contributed by atoms with Crippen LogP contribution < -0.4 is 5.32 Å². The molecule has 0 bridgehead atoms. The molecule has 4 nitrogen and oxygen atoms in total. The average molecular weight is 237 g/mol. The number of aromatic nitrogens is 2. The lowest BCUT2D eigenvalue weighted by Crippen LogP contribution is -2.31. The van der Waals surface area contributed by atoms with Crippen molar-refractivity contribution < 1.29 is 5.11 Å². The van der Waals surface area contributed by atoms with Crippen molar-refractivity contribution in [1.29, 1.82) is 0 Å². The van der Waals surface area contributed by atoms with Crippen LogP contribution in [0.3, 0.4) is 0 Å². The van der Waals surface area contributed by atoms with Crippen LogP contribution in [0, 0.1) is 5.92 Å². The summed E-state index contributed by atoms with van der Waals surface area (Å²) >= 11 is 0. The molecule has 96 valence electrons. The van der Waals surface area contributed by atoms with Gasteiger partial charge in [-0.1, -0.05) is 26.2 Å². The number of anilines is 1. The van der Waals surface area contributed by atoms with E-state index < -0.39 is 0 Å². The molecule has 2 atom stereocenters. The Kier molecular flexibility index (Phi) is 4.42. The summed E-state index contributed by atoms with van der Waals surface area (Å²) < 4.78 is 1.78. The Balaban J connectivity index is 1.93. The minimum Gasteiger partial charge on any atom is -0.394 e. The zero-order chi connectivity index (χ0) is 12.1. The van der Waals surface area contributed by atoms with Gasteiger partial charge in [0.2, 0.25) is 0 Å². The molecule has 2 unspecified atom stereocenters. The fraction of sp³-hybridized carbons (Fsp3) is 0.769. The fourth-order valence-corrected chi connectivity index (χ4v) is 2.76. The zero-order valence-corrected chi connectivity index (χ0v) is 10.6. The summed E-state index contributed by atoms with van der Waals surface area (Å²) in [5, 5.41) is 16.7. The molecule has 0 radical (unpaired) electrons. The molecule has 1 saturated carbocycles. The molecule has 0 saturated heterocycles. The predicted molar refractivity (Wildman–Crippen MR) is 69.0 cm³/mol. The molecule has 1 fully saturated rings. The van der Waals surface area contributed by atoms with E-state index in [4.69, 9.17) is 5.11 Å². The minimum atomic E-state index is 0.141. The highest BCUT2D eigenvalue weighted by Gasteiger charge is 2.23. The molecule has 0 amide bonds. The summed E-state index contributed by atoms with van der Waals surface area (Å²) in [6.45, 7) is 2.99.